The molecule has 98 valence electrons. The number of aromatic amines is 1. The van der Waals surface area contributed by atoms with Gasteiger partial charge in [-0.1, -0.05) is 0 Å². The first kappa shape index (κ1) is 13.6. The third-order valence-corrected chi connectivity index (χ3v) is 2.02. The molecule has 18 heavy (non-hydrogen) atoms. The number of amides is 1. The van der Waals surface area contributed by atoms with E-state index in [1.54, 1.807) is 0 Å². The number of hydrogen-bond donors (Lipinski definition) is 1. The summed E-state index contributed by atoms with van der Waals surface area (Å²) >= 11 is 0. The lowest BCUT2D eigenvalue weighted by molar-refractivity contribution is -0.144. The zero-order valence-corrected chi connectivity index (χ0v) is 9.87. The predicted octanol–water partition coefficient (Wildman–Crippen LogP) is -1.41. The molecule has 0 saturated heterocycles. The fourth-order valence-electron chi connectivity index (χ4n) is 1.11. The van der Waals surface area contributed by atoms with Gasteiger partial charge in [0.2, 0.25) is 0 Å². The summed E-state index contributed by atoms with van der Waals surface area (Å²) in [6.45, 7) is -0.755. The van der Waals surface area contributed by atoms with Crippen LogP contribution >= 0.6 is 0 Å². The number of carbonyl (C=O) groups is 3. The summed E-state index contributed by atoms with van der Waals surface area (Å²) in [6.07, 6.45) is 1.18. The van der Waals surface area contributed by atoms with Gasteiger partial charge in [0.15, 0.2) is 5.69 Å². The maximum atomic E-state index is 11.9. The number of rotatable bonds is 5. The monoisotopic (exact) mass is 256 g/mol. The fraction of sp³-hybridized carbons (Fsp3) is 0.444. The molecule has 0 fully saturated rings. The van der Waals surface area contributed by atoms with Gasteiger partial charge < -0.3 is 14.4 Å². The molecular weight excluding hydrogens is 244 g/mol. The average Bonchev–Trinajstić information content (AvgIpc) is 2.90. The van der Waals surface area contributed by atoms with E-state index in [-0.39, 0.29) is 18.8 Å². The molecule has 0 spiro atoms. The van der Waals surface area contributed by atoms with Gasteiger partial charge in [0.05, 0.1) is 20.4 Å². The Morgan fingerprint density at radius 1 is 1.22 bits per heavy atom. The number of aromatic nitrogens is 3. The molecule has 1 heterocycles. The van der Waals surface area contributed by atoms with Crippen LogP contribution in [0.4, 0.5) is 0 Å². The number of methoxy groups -OCH3 is 2. The number of H-pyrrole nitrogens is 1. The maximum absolute atomic E-state index is 11.9. The summed E-state index contributed by atoms with van der Waals surface area (Å²) in [4.78, 5) is 35.2. The molecule has 0 radical (unpaired) electrons. The minimum Gasteiger partial charge on any atom is -0.468 e. The zero-order valence-electron chi connectivity index (χ0n) is 9.87. The number of hydrogen-bond acceptors (Lipinski definition) is 7. The molecule has 0 unspecified atom stereocenters. The Balaban J connectivity index is 2.79. The topological polar surface area (TPSA) is 114 Å². The lowest BCUT2D eigenvalue weighted by Gasteiger charge is -2.18. The molecule has 0 aromatic carbocycles. The van der Waals surface area contributed by atoms with Crippen LogP contribution in [0.5, 0.6) is 0 Å². The highest BCUT2D eigenvalue weighted by Gasteiger charge is 2.23. The van der Waals surface area contributed by atoms with Crippen molar-refractivity contribution < 1.29 is 23.9 Å². The number of esters is 2. The molecule has 1 aromatic rings. The summed E-state index contributed by atoms with van der Waals surface area (Å²) in [6, 6.07) is 0. The number of ether oxygens (including phenoxy) is 2. The van der Waals surface area contributed by atoms with Crippen LogP contribution in [0.3, 0.4) is 0 Å². The Bertz CT molecular complexity index is 412. The Hall–Kier alpha value is -2.45. The van der Waals surface area contributed by atoms with Crippen molar-refractivity contribution in [1.82, 2.24) is 20.3 Å². The van der Waals surface area contributed by atoms with Crippen molar-refractivity contribution in [3.63, 3.8) is 0 Å². The normalized spacial score (nSPS) is 9.67. The Labute approximate surface area is 102 Å². The van der Waals surface area contributed by atoms with Crippen LogP contribution in [0.1, 0.15) is 10.5 Å². The smallest absolute Gasteiger partial charge is 0.325 e. The molecule has 0 aliphatic carbocycles. The van der Waals surface area contributed by atoms with Gasteiger partial charge in [-0.25, -0.2) is 0 Å². The van der Waals surface area contributed by atoms with Crippen molar-refractivity contribution >= 4 is 17.8 Å². The molecule has 1 aromatic heterocycles. The first-order valence-corrected chi connectivity index (χ1v) is 4.87. The fourth-order valence-corrected chi connectivity index (χ4v) is 1.11. The molecule has 1 N–H and O–H groups in total. The van der Waals surface area contributed by atoms with Crippen LogP contribution < -0.4 is 0 Å². The van der Waals surface area contributed by atoms with Crippen LogP contribution in [-0.4, -0.2) is 65.5 Å². The highest BCUT2D eigenvalue weighted by Crippen LogP contribution is 2.00. The van der Waals surface area contributed by atoms with Crippen molar-refractivity contribution in [2.75, 3.05) is 27.3 Å². The van der Waals surface area contributed by atoms with Crippen LogP contribution in [0.2, 0.25) is 0 Å². The van der Waals surface area contributed by atoms with Gasteiger partial charge in [-0.3, -0.25) is 14.4 Å². The molecule has 0 saturated carbocycles. The number of nitrogens with one attached hydrogen (secondary N) is 1. The molecule has 1 rings (SSSR count). The Morgan fingerprint density at radius 2 is 1.78 bits per heavy atom. The van der Waals surface area contributed by atoms with E-state index in [0.29, 0.717) is 0 Å². The van der Waals surface area contributed by atoms with Gasteiger partial charge in [0.1, 0.15) is 13.1 Å². The van der Waals surface area contributed by atoms with E-state index >= 15 is 0 Å². The Kier molecular flexibility index (Phi) is 4.78. The Morgan fingerprint density at radius 3 is 2.17 bits per heavy atom. The highest BCUT2D eigenvalue weighted by molar-refractivity contribution is 5.95. The van der Waals surface area contributed by atoms with Crippen LogP contribution in [0.15, 0.2) is 6.20 Å². The van der Waals surface area contributed by atoms with Crippen molar-refractivity contribution in [2.24, 2.45) is 0 Å². The van der Waals surface area contributed by atoms with Crippen LogP contribution in [-0.2, 0) is 19.1 Å². The van der Waals surface area contributed by atoms with Gasteiger partial charge >= 0.3 is 11.9 Å². The zero-order chi connectivity index (χ0) is 13.5. The third kappa shape index (κ3) is 3.54. The van der Waals surface area contributed by atoms with E-state index in [0.717, 1.165) is 4.90 Å². The van der Waals surface area contributed by atoms with Crippen LogP contribution in [0, 0.1) is 0 Å². The minimum absolute atomic E-state index is 0.0113. The molecule has 0 atom stereocenters. The van der Waals surface area contributed by atoms with Crippen LogP contribution in [0.25, 0.3) is 0 Å². The summed E-state index contributed by atoms with van der Waals surface area (Å²) in [5.74, 6) is -1.94. The highest BCUT2D eigenvalue weighted by atomic mass is 16.5. The predicted molar refractivity (Wildman–Crippen MR) is 56.3 cm³/mol. The summed E-state index contributed by atoms with van der Waals surface area (Å²) in [7, 11) is 2.36. The van der Waals surface area contributed by atoms with E-state index in [1.807, 2.05) is 0 Å². The summed E-state index contributed by atoms with van der Waals surface area (Å²) in [5.41, 5.74) is -0.0113. The molecule has 0 aliphatic rings. The molecule has 0 aliphatic heterocycles. The summed E-state index contributed by atoms with van der Waals surface area (Å²) in [5, 5.41) is 9.30. The lowest BCUT2D eigenvalue weighted by Crippen LogP contribution is -2.40. The molecule has 9 nitrogen and oxygen atoms in total. The first-order valence-electron chi connectivity index (χ1n) is 4.87. The number of nitrogens with zero attached hydrogens (tertiary/aromatic N) is 3. The van der Waals surface area contributed by atoms with Gasteiger partial charge in [-0.15, -0.1) is 0 Å². The lowest BCUT2D eigenvalue weighted by atomic mass is 10.3. The SMILES string of the molecule is COC(=O)CN(CC(=O)OC)C(=O)c1cn[nH]n1. The molecule has 1 amide bonds. The van der Waals surface area contributed by atoms with E-state index < -0.39 is 17.8 Å². The van der Waals surface area contributed by atoms with Gasteiger partial charge in [0, 0.05) is 0 Å². The van der Waals surface area contributed by atoms with Gasteiger partial charge in [-0.05, 0) is 0 Å². The van der Waals surface area contributed by atoms with Gasteiger partial charge in [-0.2, -0.15) is 15.4 Å². The van der Waals surface area contributed by atoms with E-state index in [4.69, 9.17) is 0 Å². The molecule has 9 heteroatoms. The van der Waals surface area contributed by atoms with E-state index in [1.165, 1.54) is 20.4 Å². The minimum atomic E-state index is -0.657. The van der Waals surface area contributed by atoms with E-state index in [2.05, 4.69) is 24.9 Å². The molecule has 0 bridgehead atoms. The standard InChI is InChI=1S/C9H12N4O5/c1-17-7(14)4-13(5-8(15)18-2)9(16)6-3-10-12-11-6/h3H,4-5H2,1-2H3,(H,10,11,12). The summed E-state index contributed by atoms with van der Waals surface area (Å²) < 4.78 is 8.87. The second kappa shape index (κ2) is 6.33. The second-order valence-electron chi connectivity index (χ2n) is 3.17. The number of carbonyl (C=O) groups excluding carboxylic acids is 3. The average molecular weight is 256 g/mol. The second-order valence-corrected chi connectivity index (χ2v) is 3.17. The first-order chi connectivity index (χ1) is 8.58. The molecular formula is C9H12N4O5. The van der Waals surface area contributed by atoms with Crippen molar-refractivity contribution in [3.05, 3.63) is 11.9 Å². The maximum Gasteiger partial charge on any atom is 0.325 e. The van der Waals surface area contributed by atoms with E-state index in [9.17, 15) is 14.4 Å². The quantitative estimate of drug-likeness (QED) is 0.644. The van der Waals surface area contributed by atoms with Crippen molar-refractivity contribution in [1.29, 1.82) is 0 Å². The van der Waals surface area contributed by atoms with Crippen molar-refractivity contribution in [3.8, 4) is 0 Å². The van der Waals surface area contributed by atoms with Gasteiger partial charge in [0.25, 0.3) is 5.91 Å². The largest absolute Gasteiger partial charge is 0.468 e. The van der Waals surface area contributed by atoms with Crippen molar-refractivity contribution in [2.45, 2.75) is 0 Å². The third-order valence-electron chi connectivity index (χ3n) is 2.02.